The third-order valence-electron chi connectivity index (χ3n) is 8.36. The molecular weight excluding hydrogens is 314 g/mol. The number of rotatable bonds is 2. The van der Waals surface area contributed by atoms with Crippen LogP contribution in [0.25, 0.3) is 0 Å². The minimum atomic E-state index is -3.21. The molecule has 5 aliphatic rings. The second kappa shape index (κ2) is 4.41. The first-order valence-electron chi connectivity index (χ1n) is 9.13. The van der Waals surface area contributed by atoms with Crippen molar-refractivity contribution in [1.82, 2.24) is 0 Å². The van der Waals surface area contributed by atoms with Gasteiger partial charge >= 0.3 is 5.92 Å². The molecule has 4 fully saturated rings. The summed E-state index contributed by atoms with van der Waals surface area (Å²) < 4.78 is 47.6. The third-order valence-corrected chi connectivity index (χ3v) is 8.36. The van der Waals surface area contributed by atoms with E-state index in [0.717, 1.165) is 6.42 Å². The molecule has 24 heavy (non-hydrogen) atoms. The second-order valence-corrected chi connectivity index (χ2v) is 8.81. The van der Waals surface area contributed by atoms with Crippen LogP contribution in [-0.2, 0) is 14.2 Å². The van der Waals surface area contributed by atoms with Gasteiger partial charge in [-0.25, -0.2) is 0 Å². The summed E-state index contributed by atoms with van der Waals surface area (Å²) in [6.07, 6.45) is 6.67. The second-order valence-electron chi connectivity index (χ2n) is 8.81. The molecule has 5 rings (SSSR count). The molecule has 1 saturated heterocycles. The molecule has 3 nitrogen and oxygen atoms in total. The maximum absolute atomic E-state index is 15.4. The van der Waals surface area contributed by atoms with E-state index in [1.165, 1.54) is 27.6 Å². The molecule has 0 radical (unpaired) electrons. The van der Waals surface area contributed by atoms with Crippen LogP contribution in [0.3, 0.4) is 0 Å². The van der Waals surface area contributed by atoms with Crippen molar-refractivity contribution >= 4 is 0 Å². The average molecular weight is 340 g/mol. The largest absolute Gasteiger partial charge is 0.372 e. The van der Waals surface area contributed by atoms with Crippen molar-refractivity contribution in [2.45, 2.75) is 50.1 Å². The van der Waals surface area contributed by atoms with Crippen molar-refractivity contribution in [3.05, 3.63) is 12.2 Å². The molecule has 4 aliphatic carbocycles. The van der Waals surface area contributed by atoms with Gasteiger partial charge in [-0.05, 0) is 62.2 Å². The Morgan fingerprint density at radius 3 is 2.17 bits per heavy atom. The molecule has 0 amide bonds. The van der Waals surface area contributed by atoms with Gasteiger partial charge in [0.15, 0.2) is 0 Å². The van der Waals surface area contributed by atoms with Gasteiger partial charge in [-0.15, -0.1) is 0 Å². The monoisotopic (exact) mass is 340 g/mol. The average Bonchev–Trinajstić information content (AvgIpc) is 3.30. The van der Waals surface area contributed by atoms with E-state index < -0.39 is 17.3 Å². The third kappa shape index (κ3) is 1.43. The van der Waals surface area contributed by atoms with Gasteiger partial charge in [-0.1, -0.05) is 12.2 Å². The van der Waals surface area contributed by atoms with E-state index in [4.69, 9.17) is 14.2 Å². The van der Waals surface area contributed by atoms with E-state index >= 15 is 8.78 Å². The Morgan fingerprint density at radius 1 is 0.958 bits per heavy atom. The maximum atomic E-state index is 15.4. The molecule has 0 aromatic rings. The smallest absolute Gasteiger partial charge is 0.328 e. The summed E-state index contributed by atoms with van der Waals surface area (Å²) in [6.45, 7) is 2.94. The number of hydrogen-bond acceptors (Lipinski definition) is 3. The molecule has 1 aliphatic heterocycles. The van der Waals surface area contributed by atoms with Crippen LogP contribution in [0.2, 0.25) is 0 Å². The fourth-order valence-electron chi connectivity index (χ4n) is 7.30. The summed E-state index contributed by atoms with van der Waals surface area (Å²) >= 11 is 0. The fourth-order valence-corrected chi connectivity index (χ4v) is 7.30. The van der Waals surface area contributed by atoms with Crippen LogP contribution in [0.5, 0.6) is 0 Å². The highest BCUT2D eigenvalue weighted by Crippen LogP contribution is 2.72. The zero-order valence-corrected chi connectivity index (χ0v) is 14.7. The lowest BCUT2D eigenvalue weighted by molar-refractivity contribution is -0.431. The predicted molar refractivity (Wildman–Crippen MR) is 83.5 cm³/mol. The molecule has 10 atom stereocenters. The topological polar surface area (TPSA) is 27.7 Å². The number of fused-ring (bicyclic) bond motifs is 12. The van der Waals surface area contributed by atoms with Gasteiger partial charge in [0.1, 0.15) is 5.60 Å². The van der Waals surface area contributed by atoms with Crippen molar-refractivity contribution in [2.24, 2.45) is 41.4 Å². The standard InChI is InChI=1S/C19H26F2O3/c1-17(22-3)15-11-8-12(14-10-6-5-9(7-10)13(11)14)16(15)24-18(2,23-4)19(17,20)21/h5-6,9-16H,7-8H2,1-4H3. The van der Waals surface area contributed by atoms with Crippen molar-refractivity contribution in [1.29, 1.82) is 0 Å². The van der Waals surface area contributed by atoms with Crippen LogP contribution in [-0.4, -0.2) is 37.6 Å². The van der Waals surface area contributed by atoms with Gasteiger partial charge in [0.2, 0.25) is 5.79 Å². The summed E-state index contributed by atoms with van der Waals surface area (Å²) in [5, 5.41) is 0. The molecule has 0 spiro atoms. The molecule has 10 unspecified atom stereocenters. The number of ether oxygens (including phenoxy) is 3. The summed E-state index contributed by atoms with van der Waals surface area (Å²) in [5.74, 6) is -2.48. The summed E-state index contributed by atoms with van der Waals surface area (Å²) in [4.78, 5) is 0. The number of halogens is 2. The molecular formula is C19H26F2O3. The lowest BCUT2D eigenvalue weighted by atomic mass is 9.60. The van der Waals surface area contributed by atoms with E-state index in [0.29, 0.717) is 29.6 Å². The van der Waals surface area contributed by atoms with Gasteiger partial charge in [0, 0.05) is 20.1 Å². The minimum Gasteiger partial charge on any atom is -0.372 e. The summed E-state index contributed by atoms with van der Waals surface area (Å²) in [6, 6.07) is 0. The normalized spacial score (nSPS) is 62.1. The van der Waals surface area contributed by atoms with Crippen LogP contribution in [0.15, 0.2) is 12.2 Å². The molecule has 3 saturated carbocycles. The van der Waals surface area contributed by atoms with Crippen LogP contribution < -0.4 is 0 Å². The number of hydrogen-bond donors (Lipinski definition) is 0. The van der Waals surface area contributed by atoms with Crippen LogP contribution in [0, 0.1) is 41.4 Å². The Bertz CT molecular complexity index is 607. The fraction of sp³-hybridized carbons (Fsp3) is 0.895. The summed E-state index contributed by atoms with van der Waals surface area (Å²) in [5.41, 5.74) is -1.56. The molecule has 4 bridgehead atoms. The zero-order valence-electron chi connectivity index (χ0n) is 14.7. The van der Waals surface area contributed by atoms with Crippen molar-refractivity contribution < 1.29 is 23.0 Å². The predicted octanol–water partition coefficient (Wildman–Crippen LogP) is 3.49. The highest BCUT2D eigenvalue weighted by atomic mass is 19.3. The summed E-state index contributed by atoms with van der Waals surface area (Å²) in [7, 11) is 2.72. The SMILES string of the molecule is COC1(C)OC2C3CC(C4C5C=CC(C5)C34)C2C(C)(OC)C1(F)F. The number of allylic oxidation sites excluding steroid dienone is 2. The van der Waals surface area contributed by atoms with Crippen LogP contribution in [0.1, 0.15) is 26.7 Å². The Balaban J connectivity index is 1.61. The van der Waals surface area contributed by atoms with Crippen LogP contribution in [0.4, 0.5) is 8.78 Å². The van der Waals surface area contributed by atoms with Gasteiger partial charge in [-0.3, -0.25) is 0 Å². The first-order chi connectivity index (χ1) is 11.3. The van der Waals surface area contributed by atoms with Crippen molar-refractivity contribution in [2.75, 3.05) is 14.2 Å². The van der Waals surface area contributed by atoms with E-state index in [-0.39, 0.29) is 17.9 Å². The molecule has 0 aromatic carbocycles. The van der Waals surface area contributed by atoms with Crippen molar-refractivity contribution in [3.8, 4) is 0 Å². The van der Waals surface area contributed by atoms with Crippen molar-refractivity contribution in [3.63, 3.8) is 0 Å². The molecule has 0 aromatic heterocycles. The van der Waals surface area contributed by atoms with Gasteiger partial charge < -0.3 is 14.2 Å². The number of alkyl halides is 2. The Kier molecular flexibility index (Phi) is 2.89. The maximum Gasteiger partial charge on any atom is 0.328 e. The van der Waals surface area contributed by atoms with E-state index in [1.54, 1.807) is 6.92 Å². The molecule has 0 N–H and O–H groups in total. The Hall–Kier alpha value is -0.520. The molecule has 134 valence electrons. The van der Waals surface area contributed by atoms with E-state index in [1.807, 2.05) is 0 Å². The quantitative estimate of drug-likeness (QED) is 0.569. The lowest BCUT2D eigenvalue weighted by Crippen LogP contribution is -2.74. The zero-order chi connectivity index (χ0) is 17.1. The van der Waals surface area contributed by atoms with Gasteiger partial charge in [-0.2, -0.15) is 8.78 Å². The lowest BCUT2D eigenvalue weighted by Gasteiger charge is -2.59. The van der Waals surface area contributed by atoms with Gasteiger partial charge in [0.05, 0.1) is 6.10 Å². The number of methoxy groups -OCH3 is 2. The van der Waals surface area contributed by atoms with E-state index in [9.17, 15) is 0 Å². The van der Waals surface area contributed by atoms with Gasteiger partial charge in [0.25, 0.3) is 0 Å². The Morgan fingerprint density at radius 2 is 1.58 bits per heavy atom. The highest BCUT2D eigenvalue weighted by Gasteiger charge is 2.79. The Labute approximate surface area is 141 Å². The molecule has 1 heterocycles. The molecule has 5 heteroatoms. The minimum absolute atomic E-state index is 0.196. The first kappa shape index (κ1) is 15.7. The van der Waals surface area contributed by atoms with E-state index in [2.05, 4.69) is 12.2 Å². The van der Waals surface area contributed by atoms with Crippen LogP contribution >= 0.6 is 0 Å². The highest BCUT2D eigenvalue weighted by molar-refractivity contribution is 5.26. The first-order valence-corrected chi connectivity index (χ1v) is 9.13.